The first-order valence-electron chi connectivity index (χ1n) is 6.89. The number of carbonyl (C=O) groups is 1. The molecule has 1 aliphatic heterocycles. The molecule has 1 aliphatic carbocycles. The van der Waals surface area contributed by atoms with Gasteiger partial charge in [0.05, 0.1) is 6.61 Å². The van der Waals surface area contributed by atoms with E-state index in [2.05, 4.69) is 19.9 Å². The van der Waals surface area contributed by atoms with Crippen LogP contribution in [0, 0.1) is 5.92 Å². The lowest BCUT2D eigenvalue weighted by Gasteiger charge is -2.16. The van der Waals surface area contributed by atoms with E-state index in [0.29, 0.717) is 12.4 Å². The number of rotatable bonds is 2. The molecule has 1 fully saturated rings. The van der Waals surface area contributed by atoms with E-state index in [9.17, 15) is 4.79 Å². The van der Waals surface area contributed by atoms with Gasteiger partial charge in [-0.2, -0.15) is 0 Å². The number of carbonyl (C=O) groups excluding carboxylic acids is 1. The summed E-state index contributed by atoms with van der Waals surface area (Å²) in [5.41, 5.74) is 2.09. The Morgan fingerprint density at radius 2 is 2.00 bits per heavy atom. The minimum atomic E-state index is 0.0291. The van der Waals surface area contributed by atoms with Crippen LogP contribution in [0.25, 0.3) is 0 Å². The molecule has 2 nitrogen and oxygen atoms in total. The second-order valence-corrected chi connectivity index (χ2v) is 6.23. The number of fused-ring (bicyclic) bond motifs is 1. The monoisotopic (exact) mass is 244 g/mol. The maximum absolute atomic E-state index is 12.4. The van der Waals surface area contributed by atoms with E-state index in [-0.39, 0.29) is 11.3 Å². The van der Waals surface area contributed by atoms with Crippen molar-refractivity contribution in [2.24, 2.45) is 5.92 Å². The molecule has 0 spiro atoms. The number of hydrogen-bond donors (Lipinski definition) is 0. The van der Waals surface area contributed by atoms with E-state index in [1.807, 2.05) is 12.1 Å². The SMILES string of the molecule is CC1(C)COc2ccc(C(=O)C3CCCC3)cc21. The largest absolute Gasteiger partial charge is 0.492 e. The molecule has 0 amide bonds. The zero-order valence-corrected chi connectivity index (χ0v) is 11.2. The molecule has 0 atom stereocenters. The lowest BCUT2D eigenvalue weighted by atomic mass is 9.84. The van der Waals surface area contributed by atoms with Gasteiger partial charge in [-0.1, -0.05) is 26.7 Å². The maximum atomic E-state index is 12.4. The number of hydrogen-bond acceptors (Lipinski definition) is 2. The van der Waals surface area contributed by atoms with Crippen molar-refractivity contribution in [1.29, 1.82) is 0 Å². The predicted molar refractivity (Wildman–Crippen MR) is 71.3 cm³/mol. The quantitative estimate of drug-likeness (QED) is 0.741. The molecule has 0 unspecified atom stereocenters. The van der Waals surface area contributed by atoms with Gasteiger partial charge in [0.1, 0.15) is 5.75 Å². The zero-order chi connectivity index (χ0) is 12.8. The van der Waals surface area contributed by atoms with Crippen molar-refractivity contribution < 1.29 is 9.53 Å². The van der Waals surface area contributed by atoms with Crippen molar-refractivity contribution in [3.63, 3.8) is 0 Å². The summed E-state index contributed by atoms with van der Waals surface area (Å²) >= 11 is 0. The molecule has 1 aromatic rings. The fourth-order valence-corrected chi connectivity index (χ4v) is 3.10. The summed E-state index contributed by atoms with van der Waals surface area (Å²) in [6, 6.07) is 5.95. The fourth-order valence-electron chi connectivity index (χ4n) is 3.10. The minimum absolute atomic E-state index is 0.0291. The molecule has 0 radical (unpaired) electrons. The van der Waals surface area contributed by atoms with Crippen LogP contribution in [0.4, 0.5) is 0 Å². The smallest absolute Gasteiger partial charge is 0.165 e. The molecule has 0 saturated heterocycles. The summed E-state index contributed by atoms with van der Waals surface area (Å²) in [6.45, 7) is 5.05. The number of Topliss-reactive ketones (excluding diaryl/α,β-unsaturated/α-hetero) is 1. The lowest BCUT2D eigenvalue weighted by molar-refractivity contribution is 0.0923. The molecule has 18 heavy (non-hydrogen) atoms. The Hall–Kier alpha value is -1.31. The van der Waals surface area contributed by atoms with Crippen molar-refractivity contribution in [3.8, 4) is 5.75 Å². The topological polar surface area (TPSA) is 26.3 Å². The van der Waals surface area contributed by atoms with Crippen LogP contribution in [0.2, 0.25) is 0 Å². The van der Waals surface area contributed by atoms with Crippen molar-refractivity contribution in [2.75, 3.05) is 6.61 Å². The van der Waals surface area contributed by atoms with E-state index < -0.39 is 0 Å². The van der Waals surface area contributed by atoms with E-state index in [1.54, 1.807) is 0 Å². The van der Waals surface area contributed by atoms with Crippen LogP contribution in [0.15, 0.2) is 18.2 Å². The fraction of sp³-hybridized carbons (Fsp3) is 0.562. The van der Waals surface area contributed by atoms with Crippen molar-refractivity contribution >= 4 is 5.78 Å². The zero-order valence-electron chi connectivity index (χ0n) is 11.2. The Kier molecular flexibility index (Phi) is 2.69. The van der Waals surface area contributed by atoms with Gasteiger partial charge in [0.15, 0.2) is 5.78 Å². The minimum Gasteiger partial charge on any atom is -0.492 e. The molecule has 0 N–H and O–H groups in total. The Morgan fingerprint density at radius 3 is 2.72 bits per heavy atom. The van der Waals surface area contributed by atoms with E-state index >= 15 is 0 Å². The number of ketones is 1. The summed E-state index contributed by atoms with van der Waals surface area (Å²) in [5, 5.41) is 0. The second kappa shape index (κ2) is 4.11. The van der Waals surface area contributed by atoms with Gasteiger partial charge in [0.2, 0.25) is 0 Å². The summed E-state index contributed by atoms with van der Waals surface area (Å²) in [4.78, 5) is 12.4. The van der Waals surface area contributed by atoms with Gasteiger partial charge in [-0.3, -0.25) is 4.79 Å². The van der Waals surface area contributed by atoms with Crippen LogP contribution in [-0.4, -0.2) is 12.4 Å². The highest BCUT2D eigenvalue weighted by atomic mass is 16.5. The van der Waals surface area contributed by atoms with Crippen molar-refractivity contribution in [1.82, 2.24) is 0 Å². The summed E-state index contributed by atoms with van der Waals surface area (Å²) in [7, 11) is 0. The summed E-state index contributed by atoms with van der Waals surface area (Å²) < 4.78 is 5.66. The third kappa shape index (κ3) is 1.84. The average Bonchev–Trinajstić information content (AvgIpc) is 2.97. The Morgan fingerprint density at radius 1 is 1.28 bits per heavy atom. The number of ether oxygens (including phenoxy) is 1. The van der Waals surface area contributed by atoms with Crippen molar-refractivity contribution in [3.05, 3.63) is 29.3 Å². The van der Waals surface area contributed by atoms with Gasteiger partial charge >= 0.3 is 0 Å². The lowest BCUT2D eigenvalue weighted by Crippen LogP contribution is -2.19. The second-order valence-electron chi connectivity index (χ2n) is 6.23. The molecule has 0 aromatic heterocycles. The predicted octanol–water partition coefficient (Wildman–Crippen LogP) is 3.73. The summed E-state index contributed by atoms with van der Waals surface area (Å²) in [6.07, 6.45) is 4.54. The van der Waals surface area contributed by atoms with E-state index in [0.717, 1.165) is 24.2 Å². The van der Waals surface area contributed by atoms with Crippen LogP contribution in [-0.2, 0) is 5.41 Å². The molecule has 3 rings (SSSR count). The Balaban J connectivity index is 1.92. The van der Waals surface area contributed by atoms with Gasteiger partial charge < -0.3 is 4.74 Å². The molecule has 2 aliphatic rings. The normalized spacial score (nSPS) is 21.7. The van der Waals surface area contributed by atoms with Gasteiger partial charge in [-0.15, -0.1) is 0 Å². The first-order valence-corrected chi connectivity index (χ1v) is 6.89. The van der Waals surface area contributed by atoms with Crippen LogP contribution < -0.4 is 4.74 Å². The highest BCUT2D eigenvalue weighted by Crippen LogP contribution is 2.39. The Labute approximate surface area is 108 Å². The van der Waals surface area contributed by atoms with Gasteiger partial charge in [-0.05, 0) is 31.0 Å². The first kappa shape index (κ1) is 11.8. The third-order valence-electron chi connectivity index (χ3n) is 4.31. The molecule has 0 bridgehead atoms. The van der Waals surface area contributed by atoms with Crippen LogP contribution in [0.5, 0.6) is 5.75 Å². The van der Waals surface area contributed by atoms with Gasteiger partial charge in [0, 0.05) is 22.5 Å². The molecule has 96 valence electrons. The third-order valence-corrected chi connectivity index (χ3v) is 4.31. The molecule has 2 heteroatoms. The average molecular weight is 244 g/mol. The number of benzene rings is 1. The van der Waals surface area contributed by atoms with Crippen LogP contribution in [0.3, 0.4) is 0 Å². The van der Waals surface area contributed by atoms with Crippen LogP contribution in [0.1, 0.15) is 55.5 Å². The molecule has 1 saturated carbocycles. The molecular formula is C16H20O2. The summed E-state index contributed by atoms with van der Waals surface area (Å²) in [5.74, 6) is 1.54. The van der Waals surface area contributed by atoms with Crippen molar-refractivity contribution in [2.45, 2.75) is 44.9 Å². The Bertz CT molecular complexity index is 482. The van der Waals surface area contributed by atoms with E-state index in [1.165, 1.54) is 18.4 Å². The highest BCUT2D eigenvalue weighted by molar-refractivity contribution is 5.98. The van der Waals surface area contributed by atoms with E-state index in [4.69, 9.17) is 4.74 Å². The molecule has 1 aromatic carbocycles. The molecular weight excluding hydrogens is 224 g/mol. The standard InChI is InChI=1S/C16H20O2/c1-16(2)10-18-14-8-7-12(9-13(14)16)15(17)11-5-3-4-6-11/h7-9,11H,3-6,10H2,1-2H3. The molecule has 1 heterocycles. The highest BCUT2D eigenvalue weighted by Gasteiger charge is 2.33. The van der Waals surface area contributed by atoms with Crippen LogP contribution >= 0.6 is 0 Å². The maximum Gasteiger partial charge on any atom is 0.165 e. The van der Waals surface area contributed by atoms with Gasteiger partial charge in [-0.25, -0.2) is 0 Å². The van der Waals surface area contributed by atoms with Gasteiger partial charge in [0.25, 0.3) is 0 Å². The first-order chi connectivity index (χ1) is 8.58.